The maximum Gasteiger partial charge on any atom is 0.0275 e. The van der Waals surface area contributed by atoms with Gasteiger partial charge in [-0.15, -0.1) is 0 Å². The van der Waals surface area contributed by atoms with Gasteiger partial charge in [0.15, 0.2) is 0 Å². The van der Waals surface area contributed by atoms with E-state index in [0.717, 1.165) is 0 Å². The van der Waals surface area contributed by atoms with E-state index in [1.807, 2.05) is 0 Å². The minimum atomic E-state index is -2.55. The van der Waals surface area contributed by atoms with Gasteiger partial charge in [-0.1, -0.05) is 29.7 Å². The van der Waals surface area contributed by atoms with Crippen LogP contribution in [0.25, 0.3) is 0 Å². The largest absolute Gasteiger partial charge is 0.0894 e. The molecule has 0 aliphatic heterocycles. The number of hydrogen-bond donors (Lipinski definition) is 0. The maximum absolute atomic E-state index is 7.09. The molecular weight excluding hydrogens is 128 g/mol. The van der Waals surface area contributed by atoms with Crippen molar-refractivity contribution in [2.75, 3.05) is 0 Å². The number of hydrogen-bond acceptors (Lipinski definition) is 0. The van der Waals surface area contributed by atoms with Gasteiger partial charge >= 0.3 is 0 Å². The lowest BCUT2D eigenvalue weighted by molar-refractivity contribution is 0.922. The van der Waals surface area contributed by atoms with Crippen molar-refractivity contribution >= 4 is 15.9 Å². The highest BCUT2D eigenvalue weighted by Crippen LogP contribution is 1.99. The van der Waals surface area contributed by atoms with Gasteiger partial charge in [0.25, 0.3) is 0 Å². The number of rotatable bonds is 1. The second-order valence-electron chi connectivity index (χ2n) is 0.760. The van der Waals surface area contributed by atoms with E-state index in [4.69, 9.17) is 6.85 Å². The van der Waals surface area contributed by atoms with Crippen LogP contribution in [0, 0.1) is 0 Å². The molecule has 0 aliphatic carbocycles. The highest BCUT2D eigenvalue weighted by molar-refractivity contribution is 9.09. The average molecular weight is 142 g/mol. The van der Waals surface area contributed by atoms with E-state index in [1.165, 1.54) is 6.92 Å². The van der Waals surface area contributed by atoms with Gasteiger partial charge in [-0.3, -0.25) is 0 Å². The van der Waals surface area contributed by atoms with Gasteiger partial charge in [-0.25, -0.2) is 0 Å². The molecule has 0 radical (unpaired) electrons. The molecule has 0 heterocycles. The third-order valence-electron chi connectivity index (χ3n) is 0.199. The van der Waals surface area contributed by atoms with Gasteiger partial charge in [0.1, 0.15) is 0 Å². The summed E-state index contributed by atoms with van der Waals surface area (Å²) < 4.78 is 34.6. The van der Waals surface area contributed by atoms with Crippen LogP contribution in [0.15, 0.2) is 0 Å². The molecule has 0 N–H and O–H groups in total. The molecule has 1 unspecified atom stereocenters. The Morgan fingerprint density at radius 3 is 3.00 bits per heavy atom. The molecule has 0 aliphatic rings. The van der Waals surface area contributed by atoms with Crippen molar-refractivity contribution in [1.82, 2.24) is 0 Å². The van der Waals surface area contributed by atoms with Crippen molar-refractivity contribution < 1.29 is 6.85 Å². The molecule has 32 valence electrons. The van der Waals surface area contributed by atoms with Crippen LogP contribution in [-0.4, -0.2) is 4.83 Å². The zero-order valence-electron chi connectivity index (χ0n) is 7.96. The van der Waals surface area contributed by atoms with E-state index < -0.39 is 18.1 Å². The molecule has 0 nitrogen and oxygen atoms in total. The van der Waals surface area contributed by atoms with Gasteiger partial charge in [-0.2, -0.15) is 0 Å². The molecule has 0 spiro atoms. The van der Waals surface area contributed by atoms with E-state index in [9.17, 15) is 0 Å². The Labute approximate surface area is 48.7 Å². The summed E-state index contributed by atoms with van der Waals surface area (Å²) in [6, 6.07) is 0. The third kappa shape index (κ3) is 4.48. The van der Waals surface area contributed by atoms with Gasteiger partial charge in [0, 0.05) is 11.7 Å². The summed E-state index contributed by atoms with van der Waals surface area (Å²) in [4.78, 5) is -0.660. The first-order chi connectivity index (χ1) is 4.19. The van der Waals surface area contributed by atoms with E-state index in [1.54, 1.807) is 0 Å². The van der Waals surface area contributed by atoms with E-state index >= 15 is 0 Å². The lowest BCUT2D eigenvalue weighted by atomic mass is 10.4. The predicted molar refractivity (Wildman–Crippen MR) is 28.7 cm³/mol. The first kappa shape index (κ1) is 1.22. The van der Waals surface area contributed by atoms with E-state index in [2.05, 4.69) is 15.9 Å². The van der Waals surface area contributed by atoms with Gasteiger partial charge in [0.2, 0.25) is 0 Å². The van der Waals surface area contributed by atoms with E-state index in [-0.39, 0.29) is 0 Å². The van der Waals surface area contributed by atoms with Gasteiger partial charge < -0.3 is 0 Å². The van der Waals surface area contributed by atoms with Crippen LogP contribution >= 0.6 is 15.9 Å². The average Bonchev–Trinajstić information content (AvgIpc) is 1.62. The number of halogens is 1. The monoisotopic (exact) mass is 141 g/mol. The molecule has 0 bridgehead atoms. The summed E-state index contributed by atoms with van der Waals surface area (Å²) in [5, 5.41) is 0. The van der Waals surface area contributed by atoms with Gasteiger partial charge in [0.05, 0.1) is 0 Å². The van der Waals surface area contributed by atoms with Crippen molar-refractivity contribution in [1.29, 1.82) is 0 Å². The molecule has 5 heavy (non-hydrogen) atoms. The van der Waals surface area contributed by atoms with Crippen LogP contribution in [0.1, 0.15) is 27.0 Å². The molecule has 0 fully saturated rings. The standard InChI is InChI=1S/C4H9Br/c1-3-4(2)5/h4H,3H2,1-2H3/i1D3,3D2. The summed E-state index contributed by atoms with van der Waals surface area (Å²) >= 11 is 2.90. The zero-order valence-corrected chi connectivity index (χ0v) is 4.54. The lowest BCUT2D eigenvalue weighted by Crippen LogP contribution is -1.80. The third-order valence-corrected chi connectivity index (χ3v) is 0.428. The van der Waals surface area contributed by atoms with Crippen LogP contribution in [0.4, 0.5) is 0 Å². The van der Waals surface area contributed by atoms with Crippen LogP contribution in [-0.2, 0) is 0 Å². The Kier molecular flexibility index (Phi) is 0.662. The molecular formula is C4H9Br. The Morgan fingerprint density at radius 1 is 2.40 bits per heavy atom. The molecule has 0 aromatic rings. The summed E-state index contributed by atoms with van der Waals surface area (Å²) in [5.41, 5.74) is 0. The van der Waals surface area contributed by atoms with Crippen molar-refractivity contribution in [3.05, 3.63) is 0 Å². The van der Waals surface area contributed by atoms with Crippen LogP contribution < -0.4 is 0 Å². The number of alkyl halides is 1. The summed E-state index contributed by atoms with van der Waals surface area (Å²) in [6.45, 7) is -1.07. The van der Waals surface area contributed by atoms with E-state index in [0.29, 0.717) is 0 Å². The second kappa shape index (κ2) is 2.70. The highest BCUT2D eigenvalue weighted by atomic mass is 79.9. The van der Waals surface area contributed by atoms with Crippen molar-refractivity contribution in [3.8, 4) is 0 Å². The van der Waals surface area contributed by atoms with Crippen LogP contribution in [0.2, 0.25) is 0 Å². The molecule has 1 atom stereocenters. The minimum absolute atomic E-state index is 0.660. The first-order valence-corrected chi connectivity index (χ1v) is 2.25. The van der Waals surface area contributed by atoms with Crippen molar-refractivity contribution in [2.24, 2.45) is 0 Å². The predicted octanol–water partition coefficient (Wildman–Crippen LogP) is 2.18. The molecule has 0 rings (SSSR count). The molecule has 0 saturated heterocycles. The Balaban J connectivity index is 4.40. The molecule has 0 aromatic heterocycles. The maximum atomic E-state index is 7.09. The van der Waals surface area contributed by atoms with Crippen LogP contribution in [0.5, 0.6) is 0 Å². The highest BCUT2D eigenvalue weighted by Gasteiger charge is 1.82. The summed E-state index contributed by atoms with van der Waals surface area (Å²) in [6.07, 6.45) is -2.15. The first-order valence-electron chi connectivity index (χ1n) is 3.83. The quantitative estimate of drug-likeness (QED) is 0.492. The minimum Gasteiger partial charge on any atom is -0.0894 e. The SMILES string of the molecule is [2H]C([2H])([2H])C([2H])([2H])C(C)Br. The second-order valence-corrected chi connectivity index (χ2v) is 2.13. The Morgan fingerprint density at radius 2 is 3.00 bits per heavy atom. The fourth-order valence-corrected chi connectivity index (χ4v) is 0. The van der Waals surface area contributed by atoms with Crippen molar-refractivity contribution in [2.45, 2.75) is 25.0 Å². The molecule has 0 aromatic carbocycles. The lowest BCUT2D eigenvalue weighted by Gasteiger charge is -1.88. The fourth-order valence-electron chi connectivity index (χ4n) is 0. The van der Waals surface area contributed by atoms with Gasteiger partial charge in [-0.05, 0) is 6.37 Å². The summed E-state index contributed by atoms with van der Waals surface area (Å²) in [7, 11) is 0. The molecule has 0 amide bonds. The smallest absolute Gasteiger partial charge is 0.0275 e. The fraction of sp³-hybridized carbons (Fsp3) is 1.00. The zero-order chi connectivity index (χ0) is 8.58. The summed E-state index contributed by atoms with van der Waals surface area (Å²) in [5.74, 6) is 0. The van der Waals surface area contributed by atoms with Crippen LogP contribution in [0.3, 0.4) is 0 Å². The topological polar surface area (TPSA) is 0 Å². The van der Waals surface area contributed by atoms with Crippen molar-refractivity contribution in [3.63, 3.8) is 0 Å². The Bertz CT molecular complexity index is 115. The molecule has 1 heteroatoms. The normalized spacial score (nSPS) is 35.2. The molecule has 0 saturated carbocycles. The Hall–Kier alpha value is 0.480.